The van der Waals surface area contributed by atoms with E-state index in [1.165, 1.54) is 70.6 Å². The van der Waals surface area contributed by atoms with Crippen LogP contribution in [0.1, 0.15) is 180 Å². The molecular formula is C58H92N10O6. The van der Waals surface area contributed by atoms with Crippen LogP contribution in [-0.4, -0.2) is 88.7 Å². The highest BCUT2D eigenvalue weighted by Gasteiger charge is 2.35. The summed E-state index contributed by atoms with van der Waals surface area (Å²) in [6.45, 7) is 6.86. The summed E-state index contributed by atoms with van der Waals surface area (Å²) in [4.78, 5) is 90.4. The molecule has 4 aromatic rings. The minimum Gasteiger partial charge on any atom is -0.368 e. The highest BCUT2D eigenvalue weighted by atomic mass is 16.2. The van der Waals surface area contributed by atoms with Gasteiger partial charge in [-0.3, -0.25) is 28.8 Å². The van der Waals surface area contributed by atoms with Crippen LogP contribution in [0.25, 0.3) is 21.8 Å². The number of H-pyrrole nitrogens is 2. The molecule has 0 saturated heterocycles. The number of para-hydroxylation sites is 2. The molecule has 6 amide bonds. The van der Waals surface area contributed by atoms with E-state index in [0.29, 0.717) is 58.0 Å². The lowest BCUT2D eigenvalue weighted by molar-refractivity contribution is -0.135. The van der Waals surface area contributed by atoms with Crippen molar-refractivity contribution in [2.75, 3.05) is 13.1 Å². The molecule has 410 valence electrons. The van der Waals surface area contributed by atoms with Crippen LogP contribution in [-0.2, 0) is 41.6 Å². The van der Waals surface area contributed by atoms with Crippen LogP contribution < -0.4 is 43.8 Å². The van der Waals surface area contributed by atoms with E-state index in [1.807, 2.05) is 62.4 Å². The predicted molar refractivity (Wildman–Crippen MR) is 298 cm³/mol. The molecule has 16 heteroatoms. The minimum absolute atomic E-state index is 0.0320. The van der Waals surface area contributed by atoms with Gasteiger partial charge in [0.05, 0.1) is 0 Å². The summed E-state index contributed by atoms with van der Waals surface area (Å²) in [5, 5.41) is 16.3. The number of rotatable bonds is 40. The molecule has 74 heavy (non-hydrogen) atoms. The first-order valence-corrected chi connectivity index (χ1v) is 28.2. The Kier molecular flexibility index (Phi) is 28.5. The SMILES string of the molecule is CCCCCCCCCCCCCCCCCC(=O)N[C@@H](CCCCN)C(=O)N[C@H](C(=O)N[C@@H](Cc1c[nH]c2ccccc12)C(=O)N[C@@H](Cc1c[nH]c2ccccc12)C(=O)N[C@@H](CCCCN)C(N)=O)[C@@H](C)CC. The number of primary amides is 1. The van der Waals surface area contributed by atoms with Crippen molar-refractivity contribution in [1.82, 2.24) is 36.6 Å². The molecule has 16 nitrogen and oxygen atoms in total. The summed E-state index contributed by atoms with van der Waals surface area (Å²) in [6, 6.07) is 9.80. The first-order chi connectivity index (χ1) is 35.9. The van der Waals surface area contributed by atoms with Crippen LogP contribution in [0.3, 0.4) is 0 Å². The largest absolute Gasteiger partial charge is 0.368 e. The second-order valence-corrected chi connectivity index (χ2v) is 20.5. The number of amides is 6. The number of nitrogens with one attached hydrogen (secondary N) is 7. The van der Waals surface area contributed by atoms with Gasteiger partial charge in [-0.2, -0.15) is 0 Å². The number of benzene rings is 2. The van der Waals surface area contributed by atoms with E-state index < -0.39 is 59.7 Å². The Morgan fingerprint density at radius 2 is 0.905 bits per heavy atom. The second kappa shape index (κ2) is 34.7. The average Bonchev–Trinajstić information content (AvgIpc) is 4.01. The summed E-state index contributed by atoms with van der Waals surface area (Å²) < 4.78 is 0. The third-order valence-electron chi connectivity index (χ3n) is 14.5. The highest BCUT2D eigenvalue weighted by Crippen LogP contribution is 2.22. The molecule has 0 unspecified atom stereocenters. The normalized spacial score (nSPS) is 13.9. The summed E-state index contributed by atoms with van der Waals surface area (Å²) in [5.74, 6) is -3.65. The van der Waals surface area contributed by atoms with E-state index >= 15 is 0 Å². The highest BCUT2D eigenvalue weighted by molar-refractivity contribution is 5.97. The van der Waals surface area contributed by atoms with E-state index in [-0.39, 0.29) is 31.1 Å². The summed E-state index contributed by atoms with van der Waals surface area (Å²) in [7, 11) is 0. The van der Waals surface area contributed by atoms with E-state index in [0.717, 1.165) is 58.6 Å². The predicted octanol–water partition coefficient (Wildman–Crippen LogP) is 7.91. The first-order valence-electron chi connectivity index (χ1n) is 28.2. The molecule has 2 aromatic heterocycles. The maximum atomic E-state index is 14.8. The molecule has 2 heterocycles. The number of aromatic nitrogens is 2. The van der Waals surface area contributed by atoms with Gasteiger partial charge in [-0.1, -0.05) is 153 Å². The van der Waals surface area contributed by atoms with E-state index in [4.69, 9.17) is 17.2 Å². The van der Waals surface area contributed by atoms with Crippen LogP contribution in [0.5, 0.6) is 0 Å². The molecule has 0 fully saturated rings. The monoisotopic (exact) mass is 1020 g/mol. The van der Waals surface area contributed by atoms with Crippen molar-refractivity contribution in [3.8, 4) is 0 Å². The maximum Gasteiger partial charge on any atom is 0.243 e. The third kappa shape index (κ3) is 21.2. The van der Waals surface area contributed by atoms with E-state index in [1.54, 1.807) is 12.4 Å². The topological polar surface area (TPSA) is 272 Å². The van der Waals surface area contributed by atoms with Gasteiger partial charge in [0.25, 0.3) is 0 Å². The van der Waals surface area contributed by atoms with Crippen molar-refractivity contribution >= 4 is 57.2 Å². The van der Waals surface area contributed by atoms with Gasteiger partial charge in [0.1, 0.15) is 30.2 Å². The smallest absolute Gasteiger partial charge is 0.243 e. The van der Waals surface area contributed by atoms with Crippen molar-refractivity contribution in [1.29, 1.82) is 0 Å². The Balaban J connectivity index is 1.46. The summed E-state index contributed by atoms with van der Waals surface area (Å²) >= 11 is 0. The van der Waals surface area contributed by atoms with Crippen LogP contribution >= 0.6 is 0 Å². The molecular weight excluding hydrogens is 933 g/mol. The van der Waals surface area contributed by atoms with Crippen LogP contribution in [0.2, 0.25) is 0 Å². The number of unbranched alkanes of at least 4 members (excludes halogenated alkanes) is 16. The zero-order valence-corrected chi connectivity index (χ0v) is 45.0. The average molecular weight is 1030 g/mol. The maximum absolute atomic E-state index is 14.8. The molecule has 13 N–H and O–H groups in total. The summed E-state index contributed by atoms with van der Waals surface area (Å²) in [5.41, 5.74) is 20.5. The number of hydrogen-bond acceptors (Lipinski definition) is 8. The molecule has 0 aliphatic heterocycles. The molecule has 4 rings (SSSR count). The molecule has 0 spiro atoms. The number of aromatic amines is 2. The number of nitrogens with two attached hydrogens (primary N) is 3. The van der Waals surface area contributed by atoms with Crippen LogP contribution in [0, 0.1) is 5.92 Å². The lowest BCUT2D eigenvalue weighted by atomic mass is 9.96. The van der Waals surface area contributed by atoms with Crippen molar-refractivity contribution in [3.63, 3.8) is 0 Å². The van der Waals surface area contributed by atoms with Crippen molar-refractivity contribution < 1.29 is 28.8 Å². The van der Waals surface area contributed by atoms with E-state index in [2.05, 4.69) is 43.5 Å². The Morgan fingerprint density at radius 1 is 0.486 bits per heavy atom. The number of carbonyl (C=O) groups excluding carboxylic acids is 6. The van der Waals surface area contributed by atoms with Crippen LogP contribution in [0.4, 0.5) is 0 Å². The fourth-order valence-electron chi connectivity index (χ4n) is 9.68. The third-order valence-corrected chi connectivity index (χ3v) is 14.5. The molecule has 0 bridgehead atoms. The zero-order chi connectivity index (χ0) is 53.5. The van der Waals surface area contributed by atoms with Gasteiger partial charge < -0.3 is 53.8 Å². The quantitative estimate of drug-likeness (QED) is 0.0195. The van der Waals surface area contributed by atoms with Gasteiger partial charge in [0.15, 0.2) is 0 Å². The van der Waals surface area contributed by atoms with Crippen molar-refractivity contribution in [3.05, 3.63) is 72.1 Å². The van der Waals surface area contributed by atoms with E-state index in [9.17, 15) is 28.8 Å². The Hall–Kier alpha value is -5.74. The lowest BCUT2D eigenvalue weighted by Crippen LogP contribution is -2.60. The van der Waals surface area contributed by atoms with Crippen LogP contribution in [0.15, 0.2) is 60.9 Å². The minimum atomic E-state index is -1.23. The zero-order valence-electron chi connectivity index (χ0n) is 45.0. The molecule has 6 atom stereocenters. The molecule has 0 aliphatic rings. The van der Waals surface area contributed by atoms with Gasteiger partial charge in [0, 0.05) is 53.5 Å². The Labute approximate surface area is 440 Å². The number of hydrogen-bond donors (Lipinski definition) is 10. The van der Waals surface area contributed by atoms with Crippen molar-refractivity contribution in [2.45, 2.75) is 212 Å². The van der Waals surface area contributed by atoms with Gasteiger partial charge in [0.2, 0.25) is 35.4 Å². The standard InChI is InChI=1S/C58H92N10O6/c1-4-6-7-8-9-10-11-12-13-14-15-16-17-18-19-34-52(69)64-49(33-25-27-36-60)55(71)68-53(41(3)5-2)58(74)67-51(38-43-40-63-47-31-23-21-29-45(43)47)57(73)66-50(37-42-39-62-46-30-22-20-28-44(42)46)56(72)65-48(54(61)70)32-24-26-35-59/h20-23,28-31,39-41,48-51,53,62-63H,4-19,24-27,32-38,59-60H2,1-3H3,(H2,61,70)(H,64,69)(H,65,72)(H,66,73)(H,67,74)(H,68,71)/t41-,48-,49-,50-,51-,53-/m0/s1. The van der Waals surface area contributed by atoms with Gasteiger partial charge >= 0.3 is 0 Å². The van der Waals surface area contributed by atoms with Crippen molar-refractivity contribution in [2.24, 2.45) is 23.1 Å². The van der Waals surface area contributed by atoms with Gasteiger partial charge in [-0.25, -0.2) is 0 Å². The first kappa shape index (κ1) is 60.8. The fourth-order valence-corrected chi connectivity index (χ4v) is 9.68. The Morgan fingerprint density at radius 3 is 1.36 bits per heavy atom. The molecule has 0 saturated carbocycles. The fraction of sp³-hybridized carbons (Fsp3) is 0.621. The number of carbonyl (C=O) groups is 6. The van der Waals surface area contributed by atoms with Gasteiger partial charge in [-0.15, -0.1) is 0 Å². The molecule has 2 aromatic carbocycles. The molecule has 0 radical (unpaired) electrons. The lowest BCUT2D eigenvalue weighted by Gasteiger charge is -2.29. The summed E-state index contributed by atoms with van der Waals surface area (Å²) in [6.07, 6.45) is 25.9. The Bertz CT molecular complexity index is 2290. The molecule has 0 aliphatic carbocycles. The second-order valence-electron chi connectivity index (χ2n) is 20.5. The number of fused-ring (bicyclic) bond motifs is 2. The van der Waals surface area contributed by atoms with Gasteiger partial charge in [-0.05, 0) is 87.2 Å².